The Morgan fingerprint density at radius 1 is 0.700 bits per heavy atom. The SMILES string of the molecule is Cc1ccc(N2CCN(c3ccc(N)cc3)CC2)cc1. The summed E-state index contributed by atoms with van der Waals surface area (Å²) in [4.78, 5) is 4.87. The predicted molar refractivity (Wildman–Crippen MR) is 86.5 cm³/mol. The molecule has 1 aliphatic rings. The first-order chi connectivity index (χ1) is 9.72. The molecule has 1 saturated heterocycles. The van der Waals surface area contributed by atoms with Gasteiger partial charge < -0.3 is 15.5 Å². The van der Waals surface area contributed by atoms with Gasteiger partial charge in [0.1, 0.15) is 0 Å². The number of hydrogen-bond donors (Lipinski definition) is 1. The van der Waals surface area contributed by atoms with Crippen LogP contribution in [-0.4, -0.2) is 26.2 Å². The summed E-state index contributed by atoms with van der Waals surface area (Å²) in [5.41, 5.74) is 10.5. The van der Waals surface area contributed by atoms with Gasteiger partial charge in [0.15, 0.2) is 0 Å². The lowest BCUT2D eigenvalue weighted by atomic mass is 10.2. The molecule has 2 aromatic rings. The maximum atomic E-state index is 5.74. The number of nitrogen functional groups attached to an aromatic ring is 1. The van der Waals surface area contributed by atoms with Crippen molar-refractivity contribution in [2.75, 3.05) is 41.7 Å². The molecule has 0 spiro atoms. The van der Waals surface area contributed by atoms with Crippen LogP contribution in [0.2, 0.25) is 0 Å². The van der Waals surface area contributed by atoms with Crippen LogP contribution in [0.3, 0.4) is 0 Å². The van der Waals surface area contributed by atoms with Crippen molar-refractivity contribution in [3.8, 4) is 0 Å². The van der Waals surface area contributed by atoms with E-state index < -0.39 is 0 Å². The van der Waals surface area contributed by atoms with Crippen LogP contribution >= 0.6 is 0 Å². The maximum Gasteiger partial charge on any atom is 0.0368 e. The van der Waals surface area contributed by atoms with E-state index in [0.717, 1.165) is 31.9 Å². The van der Waals surface area contributed by atoms with E-state index >= 15 is 0 Å². The number of rotatable bonds is 2. The van der Waals surface area contributed by atoms with E-state index in [2.05, 4.69) is 53.1 Å². The van der Waals surface area contributed by atoms with Crippen LogP contribution in [0.15, 0.2) is 48.5 Å². The summed E-state index contributed by atoms with van der Waals surface area (Å²) in [6.45, 7) is 6.36. The predicted octanol–water partition coefficient (Wildman–Crippen LogP) is 2.90. The Bertz CT molecular complexity index is 498. The fourth-order valence-corrected chi connectivity index (χ4v) is 2.66. The zero-order valence-corrected chi connectivity index (χ0v) is 11.9. The molecule has 2 N–H and O–H groups in total. The molecule has 0 aliphatic carbocycles. The van der Waals surface area contributed by atoms with E-state index in [1.54, 1.807) is 0 Å². The highest BCUT2D eigenvalue weighted by Crippen LogP contribution is 2.21. The van der Waals surface area contributed by atoms with Crippen molar-refractivity contribution in [2.45, 2.75) is 6.92 Å². The number of hydrogen-bond acceptors (Lipinski definition) is 3. The topological polar surface area (TPSA) is 32.5 Å². The smallest absolute Gasteiger partial charge is 0.0368 e. The first-order valence-corrected chi connectivity index (χ1v) is 7.14. The van der Waals surface area contributed by atoms with Crippen LogP contribution in [0.1, 0.15) is 5.56 Å². The van der Waals surface area contributed by atoms with E-state index in [4.69, 9.17) is 5.73 Å². The highest BCUT2D eigenvalue weighted by atomic mass is 15.3. The quantitative estimate of drug-likeness (QED) is 0.849. The molecule has 1 fully saturated rings. The van der Waals surface area contributed by atoms with Gasteiger partial charge in [0, 0.05) is 43.2 Å². The third-order valence-corrected chi connectivity index (χ3v) is 3.94. The Kier molecular flexibility index (Phi) is 3.50. The molecule has 0 amide bonds. The molecule has 20 heavy (non-hydrogen) atoms. The number of nitrogens with zero attached hydrogens (tertiary/aromatic N) is 2. The van der Waals surface area contributed by atoms with Crippen LogP contribution in [0.5, 0.6) is 0 Å². The minimum absolute atomic E-state index is 0.826. The summed E-state index contributed by atoms with van der Waals surface area (Å²) in [6, 6.07) is 17.0. The van der Waals surface area contributed by atoms with E-state index in [9.17, 15) is 0 Å². The van der Waals surface area contributed by atoms with Gasteiger partial charge in [-0.25, -0.2) is 0 Å². The van der Waals surface area contributed by atoms with Crippen molar-refractivity contribution in [1.82, 2.24) is 0 Å². The fourth-order valence-electron chi connectivity index (χ4n) is 2.66. The second-order valence-electron chi connectivity index (χ2n) is 5.40. The molecule has 0 saturated carbocycles. The second-order valence-corrected chi connectivity index (χ2v) is 5.40. The highest BCUT2D eigenvalue weighted by molar-refractivity contribution is 5.55. The maximum absolute atomic E-state index is 5.74. The molecule has 2 aromatic carbocycles. The molecule has 3 heteroatoms. The molecule has 0 radical (unpaired) electrons. The molecule has 0 unspecified atom stereocenters. The summed E-state index contributed by atoms with van der Waals surface area (Å²) in [5.74, 6) is 0. The van der Waals surface area contributed by atoms with E-state index in [-0.39, 0.29) is 0 Å². The Morgan fingerprint density at radius 2 is 1.10 bits per heavy atom. The third kappa shape index (κ3) is 2.72. The van der Waals surface area contributed by atoms with Crippen LogP contribution in [0.4, 0.5) is 17.1 Å². The highest BCUT2D eigenvalue weighted by Gasteiger charge is 2.17. The average Bonchev–Trinajstić information content (AvgIpc) is 2.49. The minimum atomic E-state index is 0.826. The summed E-state index contributed by atoms with van der Waals surface area (Å²) in [7, 11) is 0. The summed E-state index contributed by atoms with van der Waals surface area (Å²) in [6.07, 6.45) is 0. The van der Waals surface area contributed by atoms with Crippen molar-refractivity contribution in [3.05, 3.63) is 54.1 Å². The Balaban J connectivity index is 1.64. The first-order valence-electron chi connectivity index (χ1n) is 7.14. The van der Waals surface area contributed by atoms with E-state index in [1.807, 2.05) is 12.1 Å². The number of nitrogens with two attached hydrogens (primary N) is 1. The van der Waals surface area contributed by atoms with Gasteiger partial charge in [-0.2, -0.15) is 0 Å². The number of anilines is 3. The standard InChI is InChI=1S/C17H21N3/c1-14-2-6-16(7-3-14)19-10-12-20(13-11-19)17-8-4-15(18)5-9-17/h2-9H,10-13,18H2,1H3. The lowest BCUT2D eigenvalue weighted by Crippen LogP contribution is -2.46. The lowest BCUT2D eigenvalue weighted by Gasteiger charge is -2.37. The van der Waals surface area contributed by atoms with Crippen molar-refractivity contribution >= 4 is 17.1 Å². The average molecular weight is 267 g/mol. The first kappa shape index (κ1) is 12.9. The molecule has 1 heterocycles. The van der Waals surface area contributed by atoms with Gasteiger partial charge in [0.2, 0.25) is 0 Å². The molecule has 3 rings (SSSR count). The zero-order chi connectivity index (χ0) is 13.9. The van der Waals surface area contributed by atoms with Crippen molar-refractivity contribution in [2.24, 2.45) is 0 Å². The molecule has 0 atom stereocenters. The molecular weight excluding hydrogens is 246 g/mol. The fraction of sp³-hybridized carbons (Fsp3) is 0.294. The number of aryl methyl sites for hydroxylation is 1. The second kappa shape index (κ2) is 5.45. The van der Waals surface area contributed by atoms with E-state index in [1.165, 1.54) is 16.9 Å². The van der Waals surface area contributed by atoms with Crippen molar-refractivity contribution in [1.29, 1.82) is 0 Å². The Hall–Kier alpha value is -2.16. The van der Waals surface area contributed by atoms with Crippen LogP contribution < -0.4 is 15.5 Å². The van der Waals surface area contributed by atoms with Gasteiger partial charge in [-0.3, -0.25) is 0 Å². The summed E-state index contributed by atoms with van der Waals surface area (Å²) < 4.78 is 0. The Labute approximate surface area is 120 Å². The van der Waals surface area contributed by atoms with E-state index in [0.29, 0.717) is 0 Å². The van der Waals surface area contributed by atoms with Crippen LogP contribution in [0, 0.1) is 6.92 Å². The van der Waals surface area contributed by atoms with Gasteiger partial charge in [0.05, 0.1) is 0 Å². The Morgan fingerprint density at radius 3 is 1.55 bits per heavy atom. The monoisotopic (exact) mass is 267 g/mol. The number of piperazine rings is 1. The summed E-state index contributed by atoms with van der Waals surface area (Å²) >= 11 is 0. The largest absolute Gasteiger partial charge is 0.399 e. The van der Waals surface area contributed by atoms with Gasteiger partial charge in [0.25, 0.3) is 0 Å². The van der Waals surface area contributed by atoms with Crippen LogP contribution in [-0.2, 0) is 0 Å². The molecule has 0 aromatic heterocycles. The molecule has 3 nitrogen and oxygen atoms in total. The van der Waals surface area contributed by atoms with Gasteiger partial charge >= 0.3 is 0 Å². The lowest BCUT2D eigenvalue weighted by molar-refractivity contribution is 0.653. The third-order valence-electron chi connectivity index (χ3n) is 3.94. The van der Waals surface area contributed by atoms with Gasteiger partial charge in [-0.1, -0.05) is 17.7 Å². The van der Waals surface area contributed by atoms with Crippen molar-refractivity contribution < 1.29 is 0 Å². The zero-order valence-electron chi connectivity index (χ0n) is 11.9. The normalized spacial score (nSPS) is 15.4. The molecule has 104 valence electrons. The number of benzene rings is 2. The summed E-state index contributed by atoms with van der Waals surface area (Å²) in [5, 5.41) is 0. The van der Waals surface area contributed by atoms with Gasteiger partial charge in [-0.15, -0.1) is 0 Å². The molecular formula is C17H21N3. The molecule has 0 bridgehead atoms. The van der Waals surface area contributed by atoms with Gasteiger partial charge in [-0.05, 0) is 43.3 Å². The minimum Gasteiger partial charge on any atom is -0.399 e. The van der Waals surface area contributed by atoms with Crippen molar-refractivity contribution in [3.63, 3.8) is 0 Å². The molecule has 1 aliphatic heterocycles. The van der Waals surface area contributed by atoms with Crippen LogP contribution in [0.25, 0.3) is 0 Å².